The van der Waals surface area contributed by atoms with Crippen LogP contribution >= 0.6 is 7.60 Å². The number of hydrogen-bond donors (Lipinski definition) is 5. The van der Waals surface area contributed by atoms with Crippen LogP contribution in [-0.2, 0) is 23.6 Å². The van der Waals surface area contributed by atoms with Crippen molar-refractivity contribution in [3.63, 3.8) is 0 Å². The lowest BCUT2D eigenvalue weighted by Gasteiger charge is -2.20. The molecule has 0 bridgehead atoms. The highest BCUT2D eigenvalue weighted by Gasteiger charge is 2.46. The molecule has 3 heterocycles. The van der Waals surface area contributed by atoms with Crippen molar-refractivity contribution in [1.82, 2.24) is 19.5 Å². The van der Waals surface area contributed by atoms with Gasteiger partial charge >= 0.3 is 13.6 Å². The minimum atomic E-state index is -5.00. The Balaban J connectivity index is 1.79. The van der Waals surface area contributed by atoms with Crippen LogP contribution in [0.25, 0.3) is 11.2 Å². The Hall–Kier alpha value is -2.19. The highest BCUT2D eigenvalue weighted by atomic mass is 31.2. The predicted octanol–water partition coefficient (Wildman–Crippen LogP) is -1.58. The number of nitrogens with two attached hydrogens (primary N) is 1. The lowest BCUT2D eigenvalue weighted by molar-refractivity contribution is -0.155. The average molecular weight is 447 g/mol. The van der Waals surface area contributed by atoms with E-state index in [1.165, 1.54) is 17.8 Å². The first-order valence-corrected chi connectivity index (χ1v) is 10.5. The van der Waals surface area contributed by atoms with Crippen molar-refractivity contribution in [3.8, 4) is 0 Å². The van der Waals surface area contributed by atoms with Gasteiger partial charge in [0.2, 0.25) is 0 Å². The van der Waals surface area contributed by atoms with Gasteiger partial charge in [-0.15, -0.1) is 0 Å². The number of carbonyl (C=O) groups is 1. The summed E-state index contributed by atoms with van der Waals surface area (Å²) < 4.78 is 28.1. The second-order valence-electron chi connectivity index (χ2n) is 6.55. The largest absolute Gasteiger partial charge is 0.464 e. The molecule has 6 N–H and O–H groups in total. The molecule has 166 valence electrons. The minimum Gasteiger partial charge on any atom is -0.464 e. The maximum Gasteiger partial charge on any atom is 0.365 e. The molecule has 0 spiro atoms. The summed E-state index contributed by atoms with van der Waals surface area (Å²) in [6.07, 6.45) is -4.01. The van der Waals surface area contributed by atoms with E-state index in [4.69, 9.17) is 15.2 Å². The van der Waals surface area contributed by atoms with Crippen molar-refractivity contribution in [2.24, 2.45) is 0 Å². The van der Waals surface area contributed by atoms with Crippen LogP contribution in [0.4, 0.5) is 5.82 Å². The predicted molar refractivity (Wildman–Crippen MR) is 98.8 cm³/mol. The Kier molecular flexibility index (Phi) is 6.38. The van der Waals surface area contributed by atoms with Crippen LogP contribution < -0.4 is 5.73 Å². The van der Waals surface area contributed by atoms with E-state index in [0.717, 1.165) is 0 Å². The molecule has 15 heteroatoms. The van der Waals surface area contributed by atoms with Gasteiger partial charge in [0.15, 0.2) is 17.7 Å². The van der Waals surface area contributed by atoms with E-state index < -0.39 is 50.6 Å². The first kappa shape index (κ1) is 22.5. The van der Waals surface area contributed by atoms with Gasteiger partial charge in [-0.1, -0.05) is 0 Å². The van der Waals surface area contributed by atoms with E-state index >= 15 is 0 Å². The molecule has 0 radical (unpaired) electrons. The van der Waals surface area contributed by atoms with E-state index in [1.807, 2.05) is 0 Å². The third-order valence-electron chi connectivity index (χ3n) is 4.38. The lowest BCUT2D eigenvalue weighted by atomic mass is 10.1. The Morgan fingerprint density at radius 2 is 2.07 bits per heavy atom. The summed E-state index contributed by atoms with van der Waals surface area (Å²) in [5, 5.41) is 20.7. The van der Waals surface area contributed by atoms with Crippen molar-refractivity contribution < 1.29 is 43.6 Å². The lowest BCUT2D eigenvalue weighted by Crippen LogP contribution is -2.36. The fraction of sp³-hybridized carbons (Fsp3) is 0.600. The summed E-state index contributed by atoms with van der Waals surface area (Å²) in [4.78, 5) is 42.7. The van der Waals surface area contributed by atoms with Gasteiger partial charge < -0.3 is 39.9 Å². The van der Waals surface area contributed by atoms with E-state index in [0.29, 0.717) is 5.82 Å². The van der Waals surface area contributed by atoms with Gasteiger partial charge in [0, 0.05) is 0 Å². The SMILES string of the molecule is CCOC(=O)C(OC[C@H]1O[C@@H](n2cnc3c(N)nc(C)nc32)[C@H](O)[C@H]1O)P(=O)(O)O. The molecule has 1 saturated heterocycles. The average Bonchev–Trinajstić information content (AvgIpc) is 3.17. The molecule has 14 nitrogen and oxygen atoms in total. The maximum absolute atomic E-state index is 11.8. The van der Waals surface area contributed by atoms with Gasteiger partial charge in [-0.05, 0) is 13.8 Å². The molecule has 2 aromatic heterocycles. The maximum atomic E-state index is 11.8. The third-order valence-corrected chi connectivity index (χ3v) is 5.35. The molecule has 0 aliphatic carbocycles. The Morgan fingerprint density at radius 1 is 1.37 bits per heavy atom. The third kappa shape index (κ3) is 4.30. The van der Waals surface area contributed by atoms with Crippen LogP contribution in [0.5, 0.6) is 0 Å². The van der Waals surface area contributed by atoms with Crippen LogP contribution in [0, 0.1) is 6.92 Å². The fourth-order valence-electron chi connectivity index (χ4n) is 3.04. The zero-order valence-corrected chi connectivity index (χ0v) is 16.9. The van der Waals surface area contributed by atoms with E-state index in [9.17, 15) is 29.4 Å². The number of aryl methyl sites for hydroxylation is 1. The van der Waals surface area contributed by atoms with E-state index in [1.54, 1.807) is 6.92 Å². The molecule has 1 aliphatic heterocycles. The molecule has 0 saturated carbocycles. The highest BCUT2D eigenvalue weighted by molar-refractivity contribution is 7.53. The summed E-state index contributed by atoms with van der Waals surface area (Å²) in [6, 6.07) is 0. The Labute approximate surface area is 169 Å². The van der Waals surface area contributed by atoms with Gasteiger partial charge in [-0.3, -0.25) is 9.13 Å². The number of rotatable bonds is 7. The highest BCUT2D eigenvalue weighted by Crippen LogP contribution is 2.43. The number of nitrogen functional groups attached to an aromatic ring is 1. The Morgan fingerprint density at radius 3 is 2.70 bits per heavy atom. The van der Waals surface area contributed by atoms with Crippen LogP contribution in [0.3, 0.4) is 0 Å². The van der Waals surface area contributed by atoms with Crippen LogP contribution in [0.1, 0.15) is 19.0 Å². The smallest absolute Gasteiger partial charge is 0.365 e. The first-order valence-electron chi connectivity index (χ1n) is 8.86. The van der Waals surface area contributed by atoms with Gasteiger partial charge in [-0.25, -0.2) is 19.7 Å². The summed E-state index contributed by atoms with van der Waals surface area (Å²) >= 11 is 0. The quantitative estimate of drug-likeness (QED) is 0.240. The molecular formula is C15H22N5O9P. The number of carbonyl (C=O) groups excluding carboxylic acids is 1. The molecule has 2 aromatic rings. The number of anilines is 1. The van der Waals surface area contributed by atoms with Crippen LogP contribution in [-0.4, -0.2) is 82.9 Å². The fourth-order valence-corrected chi connectivity index (χ4v) is 3.67. The van der Waals surface area contributed by atoms with Crippen LogP contribution in [0.2, 0.25) is 0 Å². The summed E-state index contributed by atoms with van der Waals surface area (Å²) in [7, 11) is -5.00. The number of aromatic nitrogens is 4. The molecule has 1 aliphatic rings. The number of imidazole rings is 1. The number of nitrogens with zero attached hydrogens (tertiary/aromatic N) is 4. The number of hydrogen-bond acceptors (Lipinski definition) is 11. The monoisotopic (exact) mass is 447 g/mol. The van der Waals surface area contributed by atoms with Gasteiger partial charge in [0.1, 0.15) is 29.7 Å². The number of esters is 1. The second-order valence-corrected chi connectivity index (χ2v) is 8.20. The van der Waals surface area contributed by atoms with Gasteiger partial charge in [-0.2, -0.15) is 0 Å². The number of aliphatic hydroxyl groups excluding tert-OH is 2. The molecule has 0 aromatic carbocycles. The summed E-state index contributed by atoms with van der Waals surface area (Å²) in [5.41, 5.74) is 6.35. The number of ether oxygens (including phenoxy) is 3. The van der Waals surface area contributed by atoms with Gasteiger partial charge in [0.25, 0.3) is 5.85 Å². The van der Waals surface area contributed by atoms with E-state index in [2.05, 4.69) is 19.7 Å². The zero-order valence-electron chi connectivity index (χ0n) is 16.0. The van der Waals surface area contributed by atoms with E-state index in [-0.39, 0.29) is 23.6 Å². The second kappa shape index (κ2) is 8.51. The first-order chi connectivity index (χ1) is 14.0. The normalized spacial score (nSPS) is 25.5. The van der Waals surface area contributed by atoms with Crippen molar-refractivity contribution in [1.29, 1.82) is 0 Å². The van der Waals surface area contributed by atoms with Crippen LogP contribution in [0.15, 0.2) is 6.33 Å². The van der Waals surface area contributed by atoms with Crippen molar-refractivity contribution >= 4 is 30.5 Å². The summed E-state index contributed by atoms with van der Waals surface area (Å²) in [5.74, 6) is -2.95. The number of aliphatic hydroxyl groups is 2. The molecule has 3 rings (SSSR count). The molecule has 1 unspecified atom stereocenters. The molecular weight excluding hydrogens is 425 g/mol. The van der Waals surface area contributed by atoms with Crippen molar-refractivity contribution in [2.45, 2.75) is 44.2 Å². The Bertz CT molecular complexity index is 979. The standard InChI is InChI=1S/C15H22N5O9P/c1-3-27-14(23)15(30(24,25)26)28-4-7-9(21)10(22)13(29-7)20-5-17-8-11(16)18-6(2)19-12(8)20/h5,7,9-10,13,15,21-22H,3-4H2,1-2H3,(H2,16,18,19)(H2,24,25,26)/t7-,9+,10-,13-,15?/m1/s1. The molecule has 30 heavy (non-hydrogen) atoms. The minimum absolute atomic E-state index is 0.111. The molecule has 0 amide bonds. The van der Waals surface area contributed by atoms with Crippen molar-refractivity contribution in [2.75, 3.05) is 18.9 Å². The molecule has 5 atom stereocenters. The van der Waals surface area contributed by atoms with Gasteiger partial charge in [0.05, 0.1) is 19.5 Å². The summed E-state index contributed by atoms with van der Waals surface area (Å²) in [6.45, 7) is 2.36. The molecule has 1 fully saturated rings. The number of fused-ring (bicyclic) bond motifs is 1. The zero-order chi connectivity index (χ0) is 22.2. The topological polar surface area (TPSA) is 212 Å². The van der Waals surface area contributed by atoms with Crippen molar-refractivity contribution in [3.05, 3.63) is 12.2 Å².